The second kappa shape index (κ2) is 8.13. The number of para-hydroxylation sites is 2. The third-order valence-electron chi connectivity index (χ3n) is 2.74. The van der Waals surface area contributed by atoms with E-state index in [9.17, 15) is 14.5 Å². The molecule has 0 saturated carbocycles. The molecule has 0 aliphatic carbocycles. The predicted molar refractivity (Wildman–Crippen MR) is 98.2 cm³/mol. The molecular weight excluding hydrogens is 353 g/mol. The Morgan fingerprint density at radius 2 is 1.54 bits per heavy atom. The van der Waals surface area contributed by atoms with E-state index >= 15 is 0 Å². The number of hydrogen-bond donors (Lipinski definition) is 4. The van der Waals surface area contributed by atoms with Crippen LogP contribution in [0.2, 0.25) is 0 Å². The van der Waals surface area contributed by atoms with Gasteiger partial charge in [-0.3, -0.25) is 21.0 Å². The number of nitrogens with zero attached hydrogens (tertiary/aromatic N) is 1. The van der Waals surface area contributed by atoms with Crippen molar-refractivity contribution in [2.75, 3.05) is 10.6 Å². The van der Waals surface area contributed by atoms with E-state index in [4.69, 9.17) is 24.4 Å². The van der Waals surface area contributed by atoms with Crippen LogP contribution in [-0.2, 0) is 0 Å². The highest BCUT2D eigenvalue weighted by atomic mass is 32.1. The molecule has 0 heterocycles. The summed E-state index contributed by atoms with van der Waals surface area (Å²) in [4.78, 5) is 10.4. The standard InChI is InChI=1S/C14H12FN5O2S2/c15-9-5-7-10(8-6-9)16-13(23)18-19-14(24)17-11-3-1-2-4-12(11)20(21)22/h1-8H,(H2,16,18,23)(H2,17,19,24). The van der Waals surface area contributed by atoms with Crippen LogP contribution in [-0.4, -0.2) is 15.1 Å². The summed E-state index contributed by atoms with van der Waals surface area (Å²) < 4.78 is 12.8. The molecule has 0 aliphatic heterocycles. The van der Waals surface area contributed by atoms with Gasteiger partial charge in [-0.15, -0.1) is 0 Å². The van der Waals surface area contributed by atoms with Gasteiger partial charge in [-0.25, -0.2) is 4.39 Å². The molecule has 7 nitrogen and oxygen atoms in total. The largest absolute Gasteiger partial charge is 0.331 e. The quantitative estimate of drug-likeness (QED) is 0.375. The molecule has 124 valence electrons. The summed E-state index contributed by atoms with van der Waals surface area (Å²) in [6.45, 7) is 0. The Hall–Kier alpha value is -2.85. The zero-order chi connectivity index (χ0) is 17.5. The fourth-order valence-electron chi connectivity index (χ4n) is 1.70. The molecule has 0 fully saturated rings. The molecule has 2 aromatic rings. The van der Waals surface area contributed by atoms with Gasteiger partial charge in [0.25, 0.3) is 5.69 Å². The molecule has 0 atom stereocenters. The summed E-state index contributed by atoms with van der Waals surface area (Å²) in [7, 11) is 0. The molecule has 10 heteroatoms. The number of benzene rings is 2. The highest BCUT2D eigenvalue weighted by molar-refractivity contribution is 7.81. The fourth-order valence-corrected chi connectivity index (χ4v) is 2.03. The number of nitro groups is 1. The van der Waals surface area contributed by atoms with Crippen LogP contribution in [0.25, 0.3) is 0 Å². The van der Waals surface area contributed by atoms with E-state index in [1.54, 1.807) is 12.1 Å². The maximum absolute atomic E-state index is 12.8. The molecule has 0 aliphatic rings. The summed E-state index contributed by atoms with van der Waals surface area (Å²) in [5.74, 6) is -0.354. The maximum Gasteiger partial charge on any atom is 0.292 e. The van der Waals surface area contributed by atoms with Crippen molar-refractivity contribution in [2.24, 2.45) is 0 Å². The van der Waals surface area contributed by atoms with Crippen molar-refractivity contribution >= 4 is 51.7 Å². The van der Waals surface area contributed by atoms with Crippen molar-refractivity contribution in [2.45, 2.75) is 0 Å². The Labute approximate surface area is 147 Å². The zero-order valence-corrected chi connectivity index (χ0v) is 13.7. The molecular formula is C14H12FN5O2S2. The van der Waals surface area contributed by atoms with E-state index in [1.165, 1.54) is 36.4 Å². The van der Waals surface area contributed by atoms with Crippen LogP contribution in [0.5, 0.6) is 0 Å². The molecule has 0 amide bonds. The topological polar surface area (TPSA) is 91.3 Å². The van der Waals surface area contributed by atoms with Crippen molar-refractivity contribution in [3.05, 3.63) is 64.5 Å². The van der Waals surface area contributed by atoms with E-state index in [-0.39, 0.29) is 27.4 Å². The van der Waals surface area contributed by atoms with Gasteiger partial charge in [-0.05, 0) is 54.8 Å². The summed E-state index contributed by atoms with van der Waals surface area (Å²) in [5, 5.41) is 16.7. The van der Waals surface area contributed by atoms with Gasteiger partial charge in [0.2, 0.25) is 0 Å². The molecule has 2 rings (SSSR count). The number of halogens is 1. The van der Waals surface area contributed by atoms with Gasteiger partial charge in [0.15, 0.2) is 10.2 Å². The van der Waals surface area contributed by atoms with Crippen molar-refractivity contribution in [1.29, 1.82) is 0 Å². The number of hydrogen-bond acceptors (Lipinski definition) is 4. The molecule has 24 heavy (non-hydrogen) atoms. The lowest BCUT2D eigenvalue weighted by molar-refractivity contribution is -0.383. The van der Waals surface area contributed by atoms with Crippen molar-refractivity contribution < 1.29 is 9.31 Å². The van der Waals surface area contributed by atoms with Crippen LogP contribution in [0.4, 0.5) is 21.5 Å². The highest BCUT2D eigenvalue weighted by Crippen LogP contribution is 2.22. The first kappa shape index (κ1) is 17.5. The van der Waals surface area contributed by atoms with Crippen LogP contribution in [0, 0.1) is 15.9 Å². The summed E-state index contributed by atoms with van der Waals surface area (Å²) in [6.07, 6.45) is 0. The van der Waals surface area contributed by atoms with Gasteiger partial charge in [0.1, 0.15) is 11.5 Å². The van der Waals surface area contributed by atoms with Gasteiger partial charge in [-0.2, -0.15) is 0 Å². The Morgan fingerprint density at radius 3 is 2.17 bits per heavy atom. The molecule has 0 bridgehead atoms. The lowest BCUT2D eigenvalue weighted by atomic mass is 10.3. The Bertz CT molecular complexity index is 770. The number of nitro benzene ring substituents is 1. The Kier molecular flexibility index (Phi) is 5.93. The normalized spacial score (nSPS) is 9.71. The maximum atomic E-state index is 12.8. The number of anilines is 2. The fraction of sp³-hybridized carbons (Fsp3) is 0. The monoisotopic (exact) mass is 365 g/mol. The molecule has 0 unspecified atom stereocenters. The van der Waals surface area contributed by atoms with E-state index in [2.05, 4.69) is 21.5 Å². The van der Waals surface area contributed by atoms with Gasteiger partial charge < -0.3 is 10.6 Å². The summed E-state index contributed by atoms with van der Waals surface area (Å²) >= 11 is 10.1. The van der Waals surface area contributed by atoms with Gasteiger partial charge in [0.05, 0.1) is 4.92 Å². The lowest BCUT2D eigenvalue weighted by Gasteiger charge is -2.14. The first-order valence-corrected chi connectivity index (χ1v) is 7.40. The summed E-state index contributed by atoms with van der Waals surface area (Å²) in [5.41, 5.74) is 5.95. The van der Waals surface area contributed by atoms with Crippen LogP contribution in [0.3, 0.4) is 0 Å². The van der Waals surface area contributed by atoms with Crippen LogP contribution < -0.4 is 21.5 Å². The van der Waals surface area contributed by atoms with E-state index in [0.29, 0.717) is 5.69 Å². The number of nitrogens with one attached hydrogen (secondary N) is 4. The van der Waals surface area contributed by atoms with Crippen LogP contribution in [0.15, 0.2) is 48.5 Å². The average Bonchev–Trinajstić information content (AvgIpc) is 2.55. The van der Waals surface area contributed by atoms with Crippen LogP contribution in [0.1, 0.15) is 0 Å². The second-order valence-corrected chi connectivity index (χ2v) is 5.26. The minimum atomic E-state index is -0.515. The Balaban J connectivity index is 1.86. The number of hydrazine groups is 1. The second-order valence-electron chi connectivity index (χ2n) is 4.44. The van der Waals surface area contributed by atoms with Crippen LogP contribution >= 0.6 is 24.4 Å². The Morgan fingerprint density at radius 1 is 0.958 bits per heavy atom. The number of rotatable bonds is 3. The summed E-state index contributed by atoms with van der Waals surface area (Å²) in [6, 6.07) is 11.7. The molecule has 2 aromatic carbocycles. The third-order valence-corrected chi connectivity index (χ3v) is 3.15. The smallest absolute Gasteiger partial charge is 0.292 e. The van der Waals surface area contributed by atoms with Gasteiger partial charge >= 0.3 is 0 Å². The van der Waals surface area contributed by atoms with Gasteiger partial charge in [0, 0.05) is 11.8 Å². The lowest BCUT2D eigenvalue weighted by Crippen LogP contribution is -2.45. The minimum absolute atomic E-state index is 0.0903. The van der Waals surface area contributed by atoms with Crippen molar-refractivity contribution in [3.63, 3.8) is 0 Å². The zero-order valence-electron chi connectivity index (χ0n) is 12.1. The third kappa shape index (κ3) is 5.11. The average molecular weight is 365 g/mol. The first-order chi connectivity index (χ1) is 11.5. The molecule has 0 saturated heterocycles. The van der Waals surface area contributed by atoms with Crippen molar-refractivity contribution in [1.82, 2.24) is 10.9 Å². The molecule has 0 aromatic heterocycles. The van der Waals surface area contributed by atoms with Gasteiger partial charge in [-0.1, -0.05) is 12.1 Å². The minimum Gasteiger partial charge on any atom is -0.331 e. The molecule has 4 N–H and O–H groups in total. The van der Waals surface area contributed by atoms with E-state index < -0.39 is 4.92 Å². The van der Waals surface area contributed by atoms with Crippen molar-refractivity contribution in [3.8, 4) is 0 Å². The number of thiocarbonyl (C=S) groups is 2. The SMILES string of the molecule is O=[N+]([O-])c1ccccc1NC(=S)NNC(=S)Nc1ccc(F)cc1. The van der Waals surface area contributed by atoms with E-state index in [0.717, 1.165) is 0 Å². The molecule has 0 radical (unpaired) electrons. The highest BCUT2D eigenvalue weighted by Gasteiger charge is 2.13. The predicted octanol–water partition coefficient (Wildman–Crippen LogP) is 2.92. The van der Waals surface area contributed by atoms with E-state index in [1.807, 2.05) is 0 Å². The first-order valence-electron chi connectivity index (χ1n) is 6.58. The molecule has 0 spiro atoms.